The van der Waals surface area contributed by atoms with Gasteiger partial charge in [0.1, 0.15) is 0 Å². The van der Waals surface area contributed by atoms with Crippen LogP contribution >= 0.6 is 0 Å². The van der Waals surface area contributed by atoms with E-state index in [-0.39, 0.29) is 0 Å². The molecule has 0 bridgehead atoms. The molecule has 0 aromatic rings. The van der Waals surface area contributed by atoms with Crippen LogP contribution in [0.4, 0.5) is 0 Å². The fourth-order valence-corrected chi connectivity index (χ4v) is 4.96. The number of rotatable bonds is 1. The highest BCUT2D eigenvalue weighted by Crippen LogP contribution is 2.42. The standard InChI is InChI=1S/C17H32N2/c1-12-16-10-18-9-13(16)11-19(12)15-7-5-14(6-8-15)17(2,3)4/h12-16,18H,5-11H2,1-4H3. The highest BCUT2D eigenvalue weighted by atomic mass is 15.2. The van der Waals surface area contributed by atoms with Crippen LogP contribution in [0.2, 0.25) is 0 Å². The van der Waals surface area contributed by atoms with Crippen molar-refractivity contribution in [2.24, 2.45) is 23.2 Å². The van der Waals surface area contributed by atoms with Crippen molar-refractivity contribution in [2.75, 3.05) is 19.6 Å². The van der Waals surface area contributed by atoms with Gasteiger partial charge in [0.05, 0.1) is 0 Å². The zero-order valence-electron chi connectivity index (χ0n) is 13.3. The molecule has 2 aliphatic heterocycles. The molecule has 2 saturated heterocycles. The first-order valence-electron chi connectivity index (χ1n) is 8.43. The molecule has 1 saturated carbocycles. The molecule has 2 nitrogen and oxygen atoms in total. The summed E-state index contributed by atoms with van der Waals surface area (Å²) in [5, 5.41) is 3.58. The predicted octanol–water partition coefficient (Wildman–Crippen LogP) is 3.13. The molecular weight excluding hydrogens is 232 g/mol. The van der Waals surface area contributed by atoms with Crippen molar-refractivity contribution in [3.05, 3.63) is 0 Å². The molecule has 3 atom stereocenters. The van der Waals surface area contributed by atoms with Crippen molar-refractivity contribution in [3.8, 4) is 0 Å². The van der Waals surface area contributed by atoms with E-state index >= 15 is 0 Å². The van der Waals surface area contributed by atoms with Gasteiger partial charge >= 0.3 is 0 Å². The minimum Gasteiger partial charge on any atom is -0.316 e. The molecule has 1 N–H and O–H groups in total. The second-order valence-corrected chi connectivity index (χ2v) is 8.39. The van der Waals surface area contributed by atoms with E-state index in [0.29, 0.717) is 5.41 Å². The van der Waals surface area contributed by atoms with Gasteiger partial charge in [0.2, 0.25) is 0 Å². The summed E-state index contributed by atoms with van der Waals surface area (Å²) < 4.78 is 0. The van der Waals surface area contributed by atoms with Gasteiger partial charge in [-0.15, -0.1) is 0 Å². The molecule has 0 spiro atoms. The van der Waals surface area contributed by atoms with Gasteiger partial charge in [-0.3, -0.25) is 4.90 Å². The molecule has 19 heavy (non-hydrogen) atoms. The fraction of sp³-hybridized carbons (Fsp3) is 1.00. The zero-order chi connectivity index (χ0) is 13.6. The Kier molecular flexibility index (Phi) is 3.68. The first-order valence-corrected chi connectivity index (χ1v) is 8.43. The molecule has 0 radical (unpaired) electrons. The molecule has 0 aromatic heterocycles. The monoisotopic (exact) mass is 264 g/mol. The second kappa shape index (κ2) is 5.04. The maximum absolute atomic E-state index is 3.58. The van der Waals surface area contributed by atoms with Crippen LogP contribution in [-0.4, -0.2) is 36.6 Å². The van der Waals surface area contributed by atoms with E-state index in [2.05, 4.69) is 37.9 Å². The van der Waals surface area contributed by atoms with Crippen LogP contribution in [0.15, 0.2) is 0 Å². The van der Waals surface area contributed by atoms with Gasteiger partial charge in [0.25, 0.3) is 0 Å². The van der Waals surface area contributed by atoms with Crippen LogP contribution in [0.5, 0.6) is 0 Å². The van der Waals surface area contributed by atoms with E-state index in [1.54, 1.807) is 0 Å². The van der Waals surface area contributed by atoms with Gasteiger partial charge < -0.3 is 5.32 Å². The summed E-state index contributed by atoms with van der Waals surface area (Å²) in [5.74, 6) is 2.82. The Bertz CT molecular complexity index is 312. The molecule has 0 aromatic carbocycles. The first kappa shape index (κ1) is 13.9. The lowest BCUT2D eigenvalue weighted by Gasteiger charge is -2.41. The maximum atomic E-state index is 3.58. The van der Waals surface area contributed by atoms with Gasteiger partial charge in [-0.1, -0.05) is 20.8 Å². The lowest BCUT2D eigenvalue weighted by Crippen LogP contribution is -2.44. The van der Waals surface area contributed by atoms with Crippen molar-refractivity contribution in [2.45, 2.75) is 65.5 Å². The van der Waals surface area contributed by atoms with E-state index in [4.69, 9.17) is 0 Å². The van der Waals surface area contributed by atoms with E-state index in [1.807, 2.05) is 0 Å². The quantitative estimate of drug-likeness (QED) is 0.783. The summed E-state index contributed by atoms with van der Waals surface area (Å²) in [6, 6.07) is 1.70. The summed E-state index contributed by atoms with van der Waals surface area (Å²) in [7, 11) is 0. The van der Waals surface area contributed by atoms with Crippen LogP contribution in [0, 0.1) is 23.2 Å². The molecular formula is C17H32N2. The van der Waals surface area contributed by atoms with E-state index in [0.717, 1.165) is 29.8 Å². The molecule has 3 unspecified atom stereocenters. The van der Waals surface area contributed by atoms with Gasteiger partial charge in [-0.2, -0.15) is 0 Å². The van der Waals surface area contributed by atoms with Crippen molar-refractivity contribution < 1.29 is 0 Å². The van der Waals surface area contributed by atoms with Crippen molar-refractivity contribution >= 4 is 0 Å². The third-order valence-corrected chi connectivity index (χ3v) is 6.37. The first-order chi connectivity index (χ1) is 8.97. The van der Waals surface area contributed by atoms with Gasteiger partial charge in [0.15, 0.2) is 0 Å². The average Bonchev–Trinajstić information content (AvgIpc) is 2.92. The van der Waals surface area contributed by atoms with Crippen LogP contribution in [0.25, 0.3) is 0 Å². The Labute approximate surface area is 119 Å². The lowest BCUT2D eigenvalue weighted by atomic mass is 9.71. The summed E-state index contributed by atoms with van der Waals surface area (Å²) in [4.78, 5) is 2.87. The Hall–Kier alpha value is -0.0800. The minimum atomic E-state index is 0.516. The number of nitrogens with zero attached hydrogens (tertiary/aromatic N) is 1. The highest BCUT2D eigenvalue weighted by molar-refractivity contribution is 4.99. The number of fused-ring (bicyclic) bond motifs is 1. The number of likely N-dealkylation sites (tertiary alicyclic amines) is 1. The van der Waals surface area contributed by atoms with Crippen LogP contribution in [0.3, 0.4) is 0 Å². The molecule has 3 aliphatic rings. The third kappa shape index (κ3) is 2.58. The summed E-state index contributed by atoms with van der Waals surface area (Å²) in [5.41, 5.74) is 0.516. The van der Waals surface area contributed by atoms with Crippen LogP contribution in [0.1, 0.15) is 53.4 Å². The largest absolute Gasteiger partial charge is 0.316 e. The van der Waals surface area contributed by atoms with Crippen molar-refractivity contribution in [3.63, 3.8) is 0 Å². The van der Waals surface area contributed by atoms with Gasteiger partial charge in [0, 0.05) is 18.6 Å². The van der Waals surface area contributed by atoms with Gasteiger partial charge in [-0.25, -0.2) is 0 Å². The van der Waals surface area contributed by atoms with Crippen molar-refractivity contribution in [1.82, 2.24) is 10.2 Å². The topological polar surface area (TPSA) is 15.3 Å². The summed E-state index contributed by atoms with van der Waals surface area (Å²) in [6.07, 6.45) is 5.79. The molecule has 3 rings (SSSR count). The lowest BCUT2D eigenvalue weighted by molar-refractivity contribution is 0.0846. The van der Waals surface area contributed by atoms with Crippen molar-refractivity contribution in [1.29, 1.82) is 0 Å². The maximum Gasteiger partial charge on any atom is 0.0114 e. The zero-order valence-corrected chi connectivity index (χ0v) is 13.3. The van der Waals surface area contributed by atoms with Gasteiger partial charge in [-0.05, 0) is 68.9 Å². The molecule has 3 fully saturated rings. The molecule has 0 amide bonds. The SMILES string of the molecule is CC1C2CNCC2CN1C1CCC(C(C)(C)C)CC1. The molecule has 1 aliphatic carbocycles. The predicted molar refractivity (Wildman–Crippen MR) is 81.2 cm³/mol. The number of hydrogen-bond acceptors (Lipinski definition) is 2. The number of nitrogens with one attached hydrogen (secondary N) is 1. The van der Waals surface area contributed by atoms with E-state index in [1.165, 1.54) is 45.3 Å². The third-order valence-electron chi connectivity index (χ3n) is 6.37. The van der Waals surface area contributed by atoms with E-state index in [9.17, 15) is 0 Å². The molecule has 2 heteroatoms. The van der Waals surface area contributed by atoms with E-state index < -0.39 is 0 Å². The Morgan fingerprint density at radius 2 is 1.68 bits per heavy atom. The smallest absolute Gasteiger partial charge is 0.0114 e. The summed E-state index contributed by atoms with van der Waals surface area (Å²) in [6.45, 7) is 13.6. The average molecular weight is 264 g/mol. The minimum absolute atomic E-state index is 0.516. The Balaban J connectivity index is 1.57. The van der Waals surface area contributed by atoms with Crippen LogP contribution in [-0.2, 0) is 0 Å². The Morgan fingerprint density at radius 3 is 2.26 bits per heavy atom. The normalized spacial score (nSPS) is 44.5. The highest BCUT2D eigenvalue weighted by Gasteiger charge is 2.45. The molecule has 110 valence electrons. The van der Waals surface area contributed by atoms with Crippen LogP contribution < -0.4 is 5.32 Å². The summed E-state index contributed by atoms with van der Waals surface area (Å²) >= 11 is 0. The number of hydrogen-bond donors (Lipinski definition) is 1. The Morgan fingerprint density at radius 1 is 1.00 bits per heavy atom. The second-order valence-electron chi connectivity index (χ2n) is 8.39. The molecule has 2 heterocycles. The fourth-order valence-electron chi connectivity index (χ4n) is 4.96.